The van der Waals surface area contributed by atoms with Gasteiger partial charge in [-0.25, -0.2) is 4.79 Å². The standard InChI is InChI=1S/C24H34N4O6/c1-7-9-13-26-21(31)19(16-12-10-11-15(3)20(16)30)28(8-2)22(32)17(14-18(25)29)27-23(33)34-24(4,5)6/h2,10-12,17,19,30H,7,9,13-14H2,1,3-6H3,(H2,25,29)(H,26,31)(H,27,33). The lowest BCUT2D eigenvalue weighted by Crippen LogP contribution is -2.52. The zero-order chi connectivity index (χ0) is 26.1. The minimum atomic E-state index is -1.50. The Balaban J connectivity index is 3.42. The number of nitrogens with zero attached hydrogens (tertiary/aromatic N) is 1. The Bertz CT molecular complexity index is 948. The number of nitrogens with one attached hydrogen (secondary N) is 2. The second kappa shape index (κ2) is 12.5. The molecule has 34 heavy (non-hydrogen) atoms. The zero-order valence-corrected chi connectivity index (χ0v) is 20.3. The fraction of sp³-hybridized carbons (Fsp3) is 0.500. The number of phenolic OH excluding ortho intramolecular Hbond substituents is 1. The van der Waals surface area contributed by atoms with E-state index in [9.17, 15) is 24.3 Å². The average molecular weight is 475 g/mol. The Hall–Kier alpha value is -3.74. The minimum absolute atomic E-state index is 0.0930. The number of aryl methyl sites for hydroxylation is 1. The highest BCUT2D eigenvalue weighted by molar-refractivity contribution is 5.95. The van der Waals surface area contributed by atoms with E-state index in [0.717, 1.165) is 11.3 Å². The molecule has 0 spiro atoms. The third kappa shape index (κ3) is 8.31. The van der Waals surface area contributed by atoms with E-state index in [2.05, 4.69) is 16.7 Å². The largest absolute Gasteiger partial charge is 0.507 e. The van der Waals surface area contributed by atoms with E-state index in [1.54, 1.807) is 39.8 Å². The molecule has 10 nitrogen and oxygen atoms in total. The number of hydrogen-bond donors (Lipinski definition) is 4. The summed E-state index contributed by atoms with van der Waals surface area (Å²) in [4.78, 5) is 51.2. The number of carbonyl (C=O) groups is 4. The van der Waals surface area contributed by atoms with Crippen molar-refractivity contribution < 1.29 is 29.0 Å². The van der Waals surface area contributed by atoms with E-state index in [4.69, 9.17) is 16.9 Å². The fourth-order valence-electron chi connectivity index (χ4n) is 3.07. The molecule has 0 aliphatic rings. The van der Waals surface area contributed by atoms with Crippen LogP contribution in [0.3, 0.4) is 0 Å². The topological polar surface area (TPSA) is 151 Å². The molecule has 186 valence electrons. The predicted molar refractivity (Wildman–Crippen MR) is 126 cm³/mol. The first-order valence-corrected chi connectivity index (χ1v) is 11.0. The number of hydrogen-bond acceptors (Lipinski definition) is 6. The molecule has 0 aliphatic carbocycles. The summed E-state index contributed by atoms with van der Waals surface area (Å²) in [5.41, 5.74) is 4.96. The maximum atomic E-state index is 13.4. The second-order valence-electron chi connectivity index (χ2n) is 8.77. The first-order valence-electron chi connectivity index (χ1n) is 11.0. The highest BCUT2D eigenvalue weighted by Gasteiger charge is 2.37. The lowest BCUT2D eigenvalue weighted by atomic mass is 9.99. The van der Waals surface area contributed by atoms with Crippen LogP contribution < -0.4 is 16.4 Å². The van der Waals surface area contributed by atoms with Gasteiger partial charge in [-0.2, -0.15) is 0 Å². The second-order valence-corrected chi connectivity index (χ2v) is 8.77. The summed E-state index contributed by atoms with van der Waals surface area (Å²) < 4.78 is 5.16. The Labute approximate surface area is 200 Å². The minimum Gasteiger partial charge on any atom is -0.507 e. The maximum Gasteiger partial charge on any atom is 0.408 e. The molecule has 2 atom stereocenters. The first kappa shape index (κ1) is 28.3. The number of nitrogens with two attached hydrogens (primary N) is 1. The third-order valence-electron chi connectivity index (χ3n) is 4.67. The van der Waals surface area contributed by atoms with E-state index in [1.165, 1.54) is 6.07 Å². The van der Waals surface area contributed by atoms with E-state index < -0.39 is 47.9 Å². The molecule has 0 aromatic heterocycles. The smallest absolute Gasteiger partial charge is 0.408 e. The Morgan fingerprint density at radius 1 is 1.26 bits per heavy atom. The predicted octanol–water partition coefficient (Wildman–Crippen LogP) is 1.85. The summed E-state index contributed by atoms with van der Waals surface area (Å²) in [5.74, 6) is -2.66. The number of aromatic hydroxyl groups is 1. The SMILES string of the molecule is C#CN(C(=O)C(CC(N)=O)NC(=O)OC(C)(C)C)C(C(=O)NCCCC)c1cccc(C)c1O. The highest BCUT2D eigenvalue weighted by Crippen LogP contribution is 2.32. The Morgan fingerprint density at radius 3 is 2.44 bits per heavy atom. The number of rotatable bonds is 10. The molecule has 0 fully saturated rings. The number of carbonyl (C=O) groups excluding carboxylic acids is 4. The van der Waals surface area contributed by atoms with Gasteiger partial charge < -0.3 is 26.2 Å². The summed E-state index contributed by atoms with van der Waals surface area (Å²) in [5, 5.41) is 15.6. The molecule has 0 saturated carbocycles. The van der Waals surface area contributed by atoms with E-state index in [-0.39, 0.29) is 11.3 Å². The number of phenols is 1. The lowest BCUT2D eigenvalue weighted by molar-refractivity contribution is -0.139. The van der Waals surface area contributed by atoms with Crippen LogP contribution in [0.25, 0.3) is 0 Å². The molecule has 4 amide bonds. The van der Waals surface area contributed by atoms with Crippen molar-refractivity contribution in [1.82, 2.24) is 15.5 Å². The summed E-state index contributed by atoms with van der Waals surface area (Å²) in [6, 6.07) is 3.94. The van der Waals surface area contributed by atoms with Crippen molar-refractivity contribution >= 4 is 23.8 Å². The quantitative estimate of drug-likeness (QED) is 0.231. The van der Waals surface area contributed by atoms with Gasteiger partial charge in [0.25, 0.3) is 5.91 Å². The molecule has 1 aromatic carbocycles. The zero-order valence-electron chi connectivity index (χ0n) is 20.3. The molecular formula is C24H34N4O6. The third-order valence-corrected chi connectivity index (χ3v) is 4.67. The molecule has 1 aromatic rings. The van der Waals surface area contributed by atoms with Crippen LogP contribution in [0, 0.1) is 19.4 Å². The Morgan fingerprint density at radius 2 is 1.91 bits per heavy atom. The van der Waals surface area contributed by atoms with Crippen molar-refractivity contribution in [3.8, 4) is 18.2 Å². The molecule has 2 unspecified atom stereocenters. The van der Waals surface area contributed by atoms with Crippen molar-refractivity contribution in [2.75, 3.05) is 6.54 Å². The van der Waals surface area contributed by atoms with Crippen LogP contribution in [0.4, 0.5) is 4.79 Å². The molecular weight excluding hydrogens is 440 g/mol. The van der Waals surface area contributed by atoms with Crippen LogP contribution in [-0.4, -0.2) is 52.0 Å². The molecule has 5 N–H and O–H groups in total. The van der Waals surface area contributed by atoms with Gasteiger partial charge in [0.1, 0.15) is 17.4 Å². The summed E-state index contributed by atoms with van der Waals surface area (Å²) in [6.07, 6.45) is 5.58. The number of terminal acetylenes is 1. The molecule has 0 bridgehead atoms. The summed E-state index contributed by atoms with van der Waals surface area (Å²) in [6.45, 7) is 8.79. The van der Waals surface area contributed by atoms with Crippen molar-refractivity contribution in [3.63, 3.8) is 0 Å². The van der Waals surface area contributed by atoms with E-state index >= 15 is 0 Å². The van der Waals surface area contributed by atoms with Crippen molar-refractivity contribution in [2.45, 2.75) is 71.6 Å². The summed E-state index contributed by atoms with van der Waals surface area (Å²) >= 11 is 0. The average Bonchev–Trinajstić information content (AvgIpc) is 2.71. The van der Waals surface area contributed by atoms with Gasteiger partial charge >= 0.3 is 6.09 Å². The van der Waals surface area contributed by atoms with Gasteiger partial charge in [0.2, 0.25) is 11.8 Å². The van der Waals surface area contributed by atoms with Gasteiger partial charge in [0, 0.05) is 18.2 Å². The fourth-order valence-corrected chi connectivity index (χ4v) is 3.07. The van der Waals surface area contributed by atoms with Crippen LogP contribution in [0.1, 0.15) is 64.1 Å². The molecule has 0 heterocycles. The number of amides is 4. The van der Waals surface area contributed by atoms with Gasteiger partial charge in [-0.1, -0.05) is 38.0 Å². The molecule has 0 aliphatic heterocycles. The van der Waals surface area contributed by atoms with Crippen molar-refractivity contribution in [3.05, 3.63) is 29.3 Å². The summed E-state index contributed by atoms with van der Waals surface area (Å²) in [7, 11) is 0. The molecule has 10 heteroatoms. The molecule has 0 radical (unpaired) electrons. The number of primary amides is 1. The normalized spacial score (nSPS) is 12.6. The molecule has 1 rings (SSSR count). The number of alkyl carbamates (subject to hydrolysis) is 1. The van der Waals surface area contributed by atoms with Crippen LogP contribution >= 0.6 is 0 Å². The van der Waals surface area contributed by atoms with Crippen LogP contribution in [-0.2, 0) is 19.1 Å². The van der Waals surface area contributed by atoms with Crippen molar-refractivity contribution in [2.24, 2.45) is 5.73 Å². The number of ether oxygens (including phenoxy) is 1. The van der Waals surface area contributed by atoms with Crippen LogP contribution in [0.15, 0.2) is 18.2 Å². The number of unbranched alkanes of at least 4 members (excludes halogenated alkanes) is 1. The monoisotopic (exact) mass is 474 g/mol. The van der Waals surface area contributed by atoms with Gasteiger partial charge in [-0.15, -0.1) is 0 Å². The van der Waals surface area contributed by atoms with E-state index in [0.29, 0.717) is 18.5 Å². The Kier molecular flexibility index (Phi) is 10.4. The van der Waals surface area contributed by atoms with Crippen LogP contribution in [0.2, 0.25) is 0 Å². The lowest BCUT2D eigenvalue weighted by Gasteiger charge is -2.30. The van der Waals surface area contributed by atoms with E-state index in [1.807, 2.05) is 6.92 Å². The van der Waals surface area contributed by atoms with Gasteiger partial charge in [0.05, 0.1) is 6.42 Å². The highest BCUT2D eigenvalue weighted by atomic mass is 16.6. The van der Waals surface area contributed by atoms with Crippen molar-refractivity contribution in [1.29, 1.82) is 0 Å². The number of para-hydroxylation sites is 1. The van der Waals surface area contributed by atoms with Gasteiger partial charge in [-0.05, 0) is 39.7 Å². The van der Waals surface area contributed by atoms with Gasteiger partial charge in [0.15, 0.2) is 6.04 Å². The van der Waals surface area contributed by atoms with Gasteiger partial charge in [-0.3, -0.25) is 19.3 Å². The first-order chi connectivity index (χ1) is 15.8. The number of benzene rings is 1. The molecule has 0 saturated heterocycles. The van der Waals surface area contributed by atoms with Crippen LogP contribution in [0.5, 0.6) is 5.75 Å². The maximum absolute atomic E-state index is 13.4.